The first-order chi connectivity index (χ1) is 24.7. The number of aromatic nitrogens is 8. The number of carbonyl (C=O) groups is 1. The second kappa shape index (κ2) is 20.3. The first kappa shape index (κ1) is 43.2. The highest BCUT2D eigenvalue weighted by Gasteiger charge is 2.12. The van der Waals surface area contributed by atoms with Gasteiger partial charge in [0, 0.05) is 62.7 Å². The number of benzene rings is 2. The number of fused-ring (bicyclic) bond motifs is 3. The molecule has 0 aliphatic heterocycles. The molecule has 274 valence electrons. The van der Waals surface area contributed by atoms with Gasteiger partial charge in [-0.2, -0.15) is 5.10 Å². The second-order valence-electron chi connectivity index (χ2n) is 10.8. The van der Waals surface area contributed by atoms with Gasteiger partial charge in [0.05, 0.1) is 69.8 Å². The van der Waals surface area contributed by atoms with Crippen LogP contribution in [0.15, 0.2) is 65.7 Å². The Hall–Kier alpha value is -3.23. The van der Waals surface area contributed by atoms with Crippen LogP contribution in [-0.2, 0) is 0 Å². The number of aliphatic hydroxyl groups excluding tert-OH is 1. The third-order valence-electron chi connectivity index (χ3n) is 6.90. The Morgan fingerprint density at radius 1 is 0.865 bits per heavy atom. The van der Waals surface area contributed by atoms with Gasteiger partial charge in [0.1, 0.15) is 5.69 Å². The molecular weight excluding hydrogens is 1120 g/mol. The van der Waals surface area contributed by atoms with Gasteiger partial charge in [-0.3, -0.25) is 19.6 Å². The number of hydrogen-bond acceptors (Lipinski definition) is 10. The van der Waals surface area contributed by atoms with Crippen molar-refractivity contribution in [2.75, 3.05) is 19.5 Å². The van der Waals surface area contributed by atoms with Crippen molar-refractivity contribution in [3.8, 4) is 17.4 Å². The summed E-state index contributed by atoms with van der Waals surface area (Å²) in [6.07, 6.45) is 3.73. The number of nitrogen functional groups attached to an aromatic ring is 1. The number of nitrogens with one attached hydrogen (secondary N) is 1. The van der Waals surface area contributed by atoms with Crippen LogP contribution in [0.3, 0.4) is 0 Å². The smallest absolute Gasteiger partial charge is 0.259 e. The molecule has 0 saturated heterocycles. The van der Waals surface area contributed by atoms with E-state index in [0.29, 0.717) is 39.6 Å². The van der Waals surface area contributed by atoms with Crippen molar-refractivity contribution >= 4 is 116 Å². The van der Waals surface area contributed by atoms with Crippen molar-refractivity contribution in [3.63, 3.8) is 0 Å². The summed E-state index contributed by atoms with van der Waals surface area (Å²) in [7, 11) is 1.61. The summed E-state index contributed by atoms with van der Waals surface area (Å²) in [6, 6.07) is 14.5. The number of halogens is 4. The summed E-state index contributed by atoms with van der Waals surface area (Å²) in [6.45, 7) is 9.70. The summed E-state index contributed by atoms with van der Waals surface area (Å²) in [4.78, 5) is 39.2. The van der Waals surface area contributed by atoms with Crippen LogP contribution in [0.2, 0.25) is 0 Å². The minimum atomic E-state index is -0.485. The summed E-state index contributed by atoms with van der Waals surface area (Å²) in [5.74, 6) is 0.598. The van der Waals surface area contributed by atoms with E-state index in [0.717, 1.165) is 40.9 Å². The molecule has 0 saturated carbocycles. The normalized spacial score (nSPS) is 10.2. The fraction of sp³-hybridized carbons (Fsp3) is 0.206. The SMILES string of the molecule is CCO.COc1cc2c(C)nc(C)cn2n1.Cc1cn2nc(-c3nc4ccc(I)cc4c(=O)[nH]3)cc2c(C)n1.II.NC(=O)c1cc(I)ccc1N. The lowest BCUT2D eigenvalue weighted by Gasteiger charge is -2.00. The van der Waals surface area contributed by atoms with E-state index in [1.54, 1.807) is 35.2 Å². The minimum absolute atomic E-state index is 0.161. The maximum Gasteiger partial charge on any atom is 0.259 e. The first-order valence-corrected chi connectivity index (χ1v) is 23.7. The highest BCUT2D eigenvalue weighted by Crippen LogP contribution is 2.20. The molecule has 2 aromatic carbocycles. The molecule has 52 heavy (non-hydrogen) atoms. The van der Waals surface area contributed by atoms with Gasteiger partial charge in [0.25, 0.3) is 11.5 Å². The van der Waals surface area contributed by atoms with Gasteiger partial charge in [-0.25, -0.2) is 14.0 Å². The number of nitrogens with two attached hydrogens (primary N) is 2. The molecule has 0 bridgehead atoms. The second-order valence-corrected chi connectivity index (χ2v) is 13.3. The molecule has 0 atom stereocenters. The Kier molecular flexibility index (Phi) is 16.8. The number of primary amides is 1. The van der Waals surface area contributed by atoms with Gasteiger partial charge in [0.15, 0.2) is 5.82 Å². The Bertz CT molecular complexity index is 2380. The quantitative estimate of drug-likeness (QED) is 0.106. The van der Waals surface area contributed by atoms with Crippen LogP contribution in [0.4, 0.5) is 5.69 Å². The average molecular weight is 1160 g/mol. The molecule has 0 unspecified atom stereocenters. The van der Waals surface area contributed by atoms with E-state index in [4.69, 9.17) is 21.3 Å². The molecule has 0 aliphatic rings. The van der Waals surface area contributed by atoms with Crippen molar-refractivity contribution < 1.29 is 14.6 Å². The molecular formula is C34H36I4N10O4. The van der Waals surface area contributed by atoms with Gasteiger partial charge >= 0.3 is 0 Å². The molecule has 0 fully saturated rings. The maximum absolute atomic E-state index is 12.3. The maximum atomic E-state index is 12.3. The fourth-order valence-corrected chi connectivity index (χ4v) is 5.73. The number of aryl methyl sites for hydroxylation is 4. The lowest BCUT2D eigenvalue weighted by molar-refractivity contribution is 0.100. The van der Waals surface area contributed by atoms with E-state index in [2.05, 4.69) is 113 Å². The summed E-state index contributed by atoms with van der Waals surface area (Å²) in [5.41, 5.74) is 18.1. The number of nitrogens with zero attached hydrogens (tertiary/aromatic N) is 7. The predicted octanol–water partition coefficient (Wildman–Crippen LogP) is 6.95. The molecule has 7 aromatic rings. The van der Waals surface area contributed by atoms with E-state index >= 15 is 0 Å². The van der Waals surface area contributed by atoms with E-state index in [-0.39, 0.29) is 12.2 Å². The Labute approximate surface area is 350 Å². The number of amides is 1. The van der Waals surface area contributed by atoms with Crippen LogP contribution in [-0.4, -0.2) is 63.9 Å². The van der Waals surface area contributed by atoms with Crippen LogP contribution >= 0.6 is 82.4 Å². The number of ether oxygens (including phenoxy) is 1. The molecule has 0 aliphatic carbocycles. The highest BCUT2D eigenvalue weighted by molar-refractivity contribution is 15.0. The topological polar surface area (TPSA) is 205 Å². The standard InChI is InChI=1S/C16H12IN5O.C9H11N3O.C7H7IN2O.C2H6O.I2/c1-8-7-22-14(9(2)18-8)6-13(21-22)15-19-12-4-3-10(17)5-11(12)16(23)20-15;1-6-5-12-8(7(2)10-6)4-9(11-12)13-3;8-4-1-2-6(9)5(3-4)7(10)11;1-2-3;1-2/h3-7H,1-2H3,(H,19,20,23);4-5H,1-3H3;1-3H,9H2,(H2,10,11);3H,2H2,1H3;. The monoisotopic (exact) mass is 1160 g/mol. The van der Waals surface area contributed by atoms with Crippen molar-refractivity contribution in [2.45, 2.75) is 34.6 Å². The number of carbonyl (C=O) groups excluding carboxylic acids is 1. The first-order valence-electron chi connectivity index (χ1n) is 15.3. The van der Waals surface area contributed by atoms with Crippen LogP contribution in [0.25, 0.3) is 33.5 Å². The number of rotatable bonds is 3. The zero-order valence-corrected chi connectivity index (χ0v) is 37.6. The molecule has 7 rings (SSSR count). The van der Waals surface area contributed by atoms with Gasteiger partial charge < -0.3 is 26.3 Å². The number of methoxy groups -OCH3 is 1. The number of H-pyrrole nitrogens is 1. The van der Waals surface area contributed by atoms with E-state index < -0.39 is 5.91 Å². The van der Waals surface area contributed by atoms with Crippen molar-refractivity contribution in [2.24, 2.45) is 5.73 Å². The zero-order valence-electron chi connectivity index (χ0n) is 28.9. The van der Waals surface area contributed by atoms with Crippen molar-refractivity contribution in [1.29, 1.82) is 0 Å². The van der Waals surface area contributed by atoms with Crippen LogP contribution in [0, 0.1) is 34.8 Å². The van der Waals surface area contributed by atoms with Crippen LogP contribution < -0.4 is 21.8 Å². The molecule has 0 spiro atoms. The van der Waals surface area contributed by atoms with E-state index in [9.17, 15) is 9.59 Å². The lowest BCUT2D eigenvalue weighted by Crippen LogP contribution is -2.13. The van der Waals surface area contributed by atoms with Crippen LogP contribution in [0.1, 0.15) is 40.1 Å². The molecule has 6 N–H and O–H groups in total. The van der Waals surface area contributed by atoms with Gasteiger partial charge in [0.2, 0.25) is 5.88 Å². The van der Waals surface area contributed by atoms with Gasteiger partial charge in [-0.15, -0.1) is 5.10 Å². The average Bonchev–Trinajstić information content (AvgIpc) is 3.73. The van der Waals surface area contributed by atoms with E-state index in [1.165, 1.54) is 0 Å². The predicted molar refractivity (Wildman–Crippen MR) is 238 cm³/mol. The third-order valence-corrected chi connectivity index (χ3v) is 8.24. The minimum Gasteiger partial charge on any atom is -0.480 e. The van der Waals surface area contributed by atoms with Gasteiger partial charge in [-0.1, -0.05) is 0 Å². The van der Waals surface area contributed by atoms with Gasteiger partial charge in [-0.05, 0) is 122 Å². The Morgan fingerprint density at radius 3 is 1.96 bits per heavy atom. The number of aromatic amines is 1. The molecule has 5 heterocycles. The van der Waals surface area contributed by atoms with Crippen molar-refractivity contribution in [1.82, 2.24) is 39.2 Å². The van der Waals surface area contributed by atoms with Crippen LogP contribution in [0.5, 0.6) is 5.88 Å². The molecule has 5 aromatic heterocycles. The molecule has 14 nitrogen and oxygen atoms in total. The summed E-state index contributed by atoms with van der Waals surface area (Å²) in [5, 5.41) is 16.9. The lowest BCUT2D eigenvalue weighted by atomic mass is 10.2. The van der Waals surface area contributed by atoms with E-state index in [1.807, 2.05) is 76.5 Å². The zero-order chi connectivity index (χ0) is 38.7. The summed E-state index contributed by atoms with van der Waals surface area (Å²) >= 11 is 8.51. The Balaban J connectivity index is 0.000000214. The molecule has 1 amide bonds. The Morgan fingerprint density at radius 2 is 1.40 bits per heavy atom. The van der Waals surface area contributed by atoms with Crippen molar-refractivity contribution in [3.05, 3.63) is 107 Å². The largest absolute Gasteiger partial charge is 0.480 e. The molecule has 18 heteroatoms. The number of hydrogen-bond donors (Lipinski definition) is 4. The highest BCUT2D eigenvalue weighted by atomic mass is 128. The number of aliphatic hydroxyl groups is 1. The summed E-state index contributed by atoms with van der Waals surface area (Å²) < 4.78 is 10.5. The third kappa shape index (κ3) is 11.4. The fourth-order valence-electron chi connectivity index (χ4n) is 4.75. The molecule has 0 radical (unpaired) electrons. The number of anilines is 1.